The van der Waals surface area contributed by atoms with Crippen LogP contribution in [0.3, 0.4) is 0 Å². The van der Waals surface area contributed by atoms with Gasteiger partial charge in [-0.3, -0.25) is 9.69 Å². The monoisotopic (exact) mass is 522 g/mol. The molecular weight excluding hydrogens is 480 g/mol. The van der Waals surface area contributed by atoms with Gasteiger partial charge in [0, 0.05) is 61.8 Å². The summed E-state index contributed by atoms with van der Waals surface area (Å²) >= 11 is 0. The fraction of sp³-hybridized carbons (Fsp3) is 0.533. The molecule has 1 fully saturated rings. The third-order valence-electron chi connectivity index (χ3n) is 8.71. The van der Waals surface area contributed by atoms with E-state index in [2.05, 4.69) is 19.9 Å². The molecule has 1 saturated heterocycles. The Morgan fingerprint density at radius 1 is 1.16 bits per heavy atom. The lowest BCUT2D eigenvalue weighted by atomic mass is 9.85. The first-order valence-electron chi connectivity index (χ1n) is 13.5. The molecule has 8 nitrogen and oxygen atoms in total. The lowest BCUT2D eigenvalue weighted by Gasteiger charge is -2.38. The molecule has 0 bridgehead atoms. The van der Waals surface area contributed by atoms with Crippen molar-refractivity contribution in [3.8, 4) is 11.5 Å². The van der Waals surface area contributed by atoms with Crippen molar-refractivity contribution in [2.75, 3.05) is 34.4 Å². The van der Waals surface area contributed by atoms with E-state index in [0.717, 1.165) is 45.9 Å². The van der Waals surface area contributed by atoms with Gasteiger partial charge in [0.25, 0.3) is 5.91 Å². The molecule has 1 unspecified atom stereocenters. The summed E-state index contributed by atoms with van der Waals surface area (Å²) in [5, 5.41) is 0. The number of hydrogen-bond donors (Lipinski definition) is 0. The van der Waals surface area contributed by atoms with Crippen LogP contribution >= 0.6 is 0 Å². The predicted molar refractivity (Wildman–Crippen MR) is 149 cm³/mol. The molecular formula is C30H42N4O4. The molecule has 2 aliphatic rings. The fourth-order valence-corrected chi connectivity index (χ4v) is 6.28. The van der Waals surface area contributed by atoms with E-state index < -0.39 is 5.54 Å². The molecule has 0 spiro atoms. The molecule has 8 heteroatoms. The van der Waals surface area contributed by atoms with E-state index in [1.54, 1.807) is 19.1 Å². The molecule has 2 aliphatic heterocycles. The van der Waals surface area contributed by atoms with Gasteiger partial charge in [-0.25, -0.2) is 4.79 Å². The van der Waals surface area contributed by atoms with Crippen LogP contribution in [-0.4, -0.2) is 71.1 Å². The fourth-order valence-electron chi connectivity index (χ4n) is 6.28. The molecule has 0 saturated carbocycles. The van der Waals surface area contributed by atoms with Crippen molar-refractivity contribution in [1.82, 2.24) is 19.3 Å². The van der Waals surface area contributed by atoms with Crippen LogP contribution in [0.2, 0.25) is 0 Å². The number of methoxy groups -OCH3 is 2. The number of aromatic nitrogens is 1. The average molecular weight is 523 g/mol. The minimum absolute atomic E-state index is 0.00550. The maximum Gasteiger partial charge on any atom is 0.325 e. The number of carbonyl (C=O) groups is 2. The van der Waals surface area contributed by atoms with Crippen molar-refractivity contribution in [2.45, 2.75) is 65.5 Å². The SMILES string of the molecule is CCN1C(=O)N2Cc3cc(OC)cc(OC)c3[C@@H](C)C=C2C1(CC)CCN(C)C(=O)c1cc(C)n(C)c1C. The quantitative estimate of drug-likeness (QED) is 0.476. The molecule has 3 heterocycles. The first kappa shape index (κ1) is 27.6. The summed E-state index contributed by atoms with van der Waals surface area (Å²) in [6.07, 6.45) is 3.64. The number of hydrogen-bond acceptors (Lipinski definition) is 4. The summed E-state index contributed by atoms with van der Waals surface area (Å²) in [7, 11) is 7.15. The van der Waals surface area contributed by atoms with E-state index in [9.17, 15) is 9.59 Å². The zero-order valence-electron chi connectivity index (χ0n) is 24.3. The highest BCUT2D eigenvalue weighted by molar-refractivity contribution is 5.95. The number of likely N-dealkylation sites (N-methyl/N-ethyl adjacent to an activating group) is 1. The Bertz CT molecular complexity index is 1280. The lowest BCUT2D eigenvalue weighted by molar-refractivity contribution is 0.0765. The number of carbonyl (C=O) groups excluding carboxylic acids is 2. The van der Waals surface area contributed by atoms with Crippen molar-refractivity contribution in [1.29, 1.82) is 0 Å². The Labute approximate surface area is 226 Å². The Balaban J connectivity index is 1.70. The second-order valence-corrected chi connectivity index (χ2v) is 10.6. The number of nitrogens with zero attached hydrogens (tertiary/aromatic N) is 4. The van der Waals surface area contributed by atoms with Crippen LogP contribution in [0.4, 0.5) is 4.79 Å². The summed E-state index contributed by atoms with van der Waals surface area (Å²) in [5.74, 6) is 1.53. The summed E-state index contributed by atoms with van der Waals surface area (Å²) in [4.78, 5) is 33.0. The highest BCUT2D eigenvalue weighted by Crippen LogP contribution is 2.47. The molecule has 38 heavy (non-hydrogen) atoms. The third-order valence-corrected chi connectivity index (χ3v) is 8.71. The molecule has 3 amide bonds. The first-order chi connectivity index (χ1) is 18.0. The lowest BCUT2D eigenvalue weighted by Crippen LogP contribution is -2.48. The second kappa shape index (κ2) is 10.4. The standard InChI is InChI=1S/C30H42N4O4/c1-10-30(12-13-31(6)28(35)24-15-20(4)32(7)21(24)5)26-14-19(3)27-22(16-23(37-8)17-25(27)38-9)18-33(26)29(36)34(30)11-2/h14-17,19H,10-13,18H2,1-9H3/t19-,30?/m0/s1. The van der Waals surface area contributed by atoms with Gasteiger partial charge in [0.2, 0.25) is 0 Å². The molecule has 2 atom stereocenters. The summed E-state index contributed by atoms with van der Waals surface area (Å²) in [6.45, 7) is 11.9. The van der Waals surface area contributed by atoms with Gasteiger partial charge in [-0.2, -0.15) is 0 Å². The minimum Gasteiger partial charge on any atom is -0.497 e. The maximum absolute atomic E-state index is 13.9. The summed E-state index contributed by atoms with van der Waals surface area (Å²) in [5.41, 5.74) is 5.37. The summed E-state index contributed by atoms with van der Waals surface area (Å²) < 4.78 is 13.3. The van der Waals surface area contributed by atoms with Gasteiger partial charge in [0.15, 0.2) is 0 Å². The van der Waals surface area contributed by atoms with Crippen LogP contribution in [0.15, 0.2) is 30.0 Å². The van der Waals surface area contributed by atoms with Gasteiger partial charge in [0.1, 0.15) is 11.5 Å². The van der Waals surface area contributed by atoms with Crippen LogP contribution in [0.1, 0.15) is 72.4 Å². The van der Waals surface area contributed by atoms with Crippen molar-refractivity contribution < 1.29 is 19.1 Å². The second-order valence-electron chi connectivity index (χ2n) is 10.6. The number of ether oxygens (including phenoxy) is 2. The van der Waals surface area contributed by atoms with Crippen molar-refractivity contribution >= 4 is 11.9 Å². The van der Waals surface area contributed by atoms with Crippen LogP contribution in [-0.2, 0) is 13.6 Å². The Kier molecular flexibility index (Phi) is 7.55. The molecule has 1 aromatic carbocycles. The van der Waals surface area contributed by atoms with Crippen molar-refractivity contribution in [3.63, 3.8) is 0 Å². The molecule has 4 rings (SSSR count). The molecule has 1 aromatic heterocycles. The topological polar surface area (TPSA) is 67.2 Å². The van der Waals surface area contributed by atoms with E-state index in [1.165, 1.54) is 0 Å². The Hall–Kier alpha value is -3.42. The minimum atomic E-state index is -0.504. The van der Waals surface area contributed by atoms with E-state index in [0.29, 0.717) is 31.8 Å². The van der Waals surface area contributed by atoms with Crippen LogP contribution in [0.25, 0.3) is 0 Å². The van der Waals surface area contributed by atoms with Gasteiger partial charge >= 0.3 is 6.03 Å². The average Bonchev–Trinajstić information content (AvgIpc) is 3.22. The van der Waals surface area contributed by atoms with Gasteiger partial charge in [-0.15, -0.1) is 0 Å². The zero-order chi connectivity index (χ0) is 27.9. The smallest absolute Gasteiger partial charge is 0.325 e. The highest BCUT2D eigenvalue weighted by Gasteiger charge is 2.52. The predicted octanol–water partition coefficient (Wildman–Crippen LogP) is 5.23. The largest absolute Gasteiger partial charge is 0.497 e. The van der Waals surface area contributed by atoms with Gasteiger partial charge in [-0.1, -0.05) is 19.9 Å². The van der Waals surface area contributed by atoms with Crippen LogP contribution in [0, 0.1) is 13.8 Å². The van der Waals surface area contributed by atoms with Gasteiger partial charge in [0.05, 0.1) is 31.9 Å². The highest BCUT2D eigenvalue weighted by atomic mass is 16.5. The van der Waals surface area contributed by atoms with Crippen LogP contribution < -0.4 is 9.47 Å². The first-order valence-corrected chi connectivity index (χ1v) is 13.5. The Morgan fingerprint density at radius 2 is 1.87 bits per heavy atom. The normalized spacial score (nSPS) is 20.6. The van der Waals surface area contributed by atoms with Gasteiger partial charge in [-0.05, 0) is 51.3 Å². The van der Waals surface area contributed by atoms with E-state index in [4.69, 9.17) is 9.47 Å². The van der Waals surface area contributed by atoms with Crippen LogP contribution in [0.5, 0.6) is 11.5 Å². The number of rotatable bonds is 8. The maximum atomic E-state index is 13.9. The molecule has 0 aliphatic carbocycles. The third kappa shape index (κ3) is 4.24. The molecule has 2 aromatic rings. The van der Waals surface area contributed by atoms with Gasteiger partial charge < -0.3 is 23.8 Å². The zero-order valence-corrected chi connectivity index (χ0v) is 24.3. The van der Waals surface area contributed by atoms with E-state index in [-0.39, 0.29) is 17.9 Å². The number of fused-ring (bicyclic) bond motifs is 2. The molecule has 206 valence electrons. The number of allylic oxidation sites excluding steroid dienone is 1. The number of benzene rings is 1. The summed E-state index contributed by atoms with van der Waals surface area (Å²) in [6, 6.07) is 5.88. The Morgan fingerprint density at radius 3 is 2.42 bits per heavy atom. The molecule has 0 radical (unpaired) electrons. The van der Waals surface area contributed by atoms with E-state index in [1.807, 2.05) is 67.4 Å². The van der Waals surface area contributed by atoms with Crippen molar-refractivity contribution in [3.05, 3.63) is 58.1 Å². The number of aryl methyl sites for hydroxylation is 1. The van der Waals surface area contributed by atoms with E-state index >= 15 is 0 Å². The number of urea groups is 1. The molecule has 0 N–H and O–H groups in total. The number of amides is 3. The van der Waals surface area contributed by atoms with Crippen molar-refractivity contribution in [2.24, 2.45) is 7.05 Å².